The molecular formula is C14H22F2N2O. The third-order valence-electron chi connectivity index (χ3n) is 3.11. The molecule has 0 bridgehead atoms. The molecule has 0 saturated carbocycles. The van der Waals surface area contributed by atoms with E-state index in [0.29, 0.717) is 6.54 Å². The van der Waals surface area contributed by atoms with E-state index in [0.717, 1.165) is 11.3 Å². The molecule has 1 aromatic carbocycles. The average Bonchev–Trinajstić information content (AvgIpc) is 2.38. The first-order valence-corrected chi connectivity index (χ1v) is 6.27. The summed E-state index contributed by atoms with van der Waals surface area (Å²) in [6.45, 7) is 1.95. The Labute approximate surface area is 113 Å². The third-order valence-corrected chi connectivity index (χ3v) is 3.11. The topological polar surface area (TPSA) is 24.5 Å². The zero-order valence-corrected chi connectivity index (χ0v) is 11.9. The molecule has 3 nitrogen and oxygen atoms in total. The number of likely N-dealkylation sites (N-methyl/N-ethyl adjacent to an activating group) is 1. The summed E-state index contributed by atoms with van der Waals surface area (Å²) in [5.41, 5.74) is 1.04. The first kappa shape index (κ1) is 15.9. The molecule has 0 aliphatic rings. The number of hydrogen-bond donors (Lipinski definition) is 1. The van der Waals surface area contributed by atoms with Gasteiger partial charge in [0.15, 0.2) is 0 Å². The van der Waals surface area contributed by atoms with Crippen LogP contribution in [0.2, 0.25) is 0 Å². The highest BCUT2D eigenvalue weighted by molar-refractivity contribution is 5.30. The van der Waals surface area contributed by atoms with Crippen molar-refractivity contribution in [1.29, 1.82) is 0 Å². The second-order valence-corrected chi connectivity index (χ2v) is 4.79. The number of nitrogens with zero attached hydrogens (tertiary/aromatic N) is 1. The van der Waals surface area contributed by atoms with Crippen LogP contribution in [0.4, 0.5) is 8.78 Å². The number of halogens is 2. The lowest BCUT2D eigenvalue weighted by atomic mass is 10.1. The first-order valence-electron chi connectivity index (χ1n) is 6.27. The molecule has 108 valence electrons. The number of ether oxygens (including phenoxy) is 1. The first-order chi connectivity index (χ1) is 8.95. The van der Waals surface area contributed by atoms with Gasteiger partial charge in [0.2, 0.25) is 0 Å². The summed E-state index contributed by atoms with van der Waals surface area (Å²) in [5.74, 6) is 0.770. The van der Waals surface area contributed by atoms with Gasteiger partial charge in [0.05, 0.1) is 13.2 Å². The second kappa shape index (κ2) is 7.40. The zero-order chi connectivity index (χ0) is 14.4. The number of alkyl halides is 2. The van der Waals surface area contributed by atoms with Crippen molar-refractivity contribution in [3.63, 3.8) is 0 Å². The van der Waals surface area contributed by atoms with Gasteiger partial charge in [0, 0.05) is 12.6 Å². The summed E-state index contributed by atoms with van der Waals surface area (Å²) in [5, 5.41) is 2.87. The van der Waals surface area contributed by atoms with E-state index in [1.807, 2.05) is 43.3 Å². The molecule has 0 aliphatic heterocycles. The fraction of sp³-hybridized carbons (Fsp3) is 0.571. The molecule has 0 saturated heterocycles. The zero-order valence-electron chi connectivity index (χ0n) is 11.9. The summed E-state index contributed by atoms with van der Waals surface area (Å²) >= 11 is 0. The van der Waals surface area contributed by atoms with Crippen molar-refractivity contribution in [2.75, 3.05) is 27.7 Å². The van der Waals surface area contributed by atoms with E-state index in [-0.39, 0.29) is 6.04 Å². The largest absolute Gasteiger partial charge is 0.497 e. The second-order valence-electron chi connectivity index (χ2n) is 4.79. The fourth-order valence-corrected chi connectivity index (χ4v) is 1.83. The molecule has 0 aromatic heterocycles. The van der Waals surface area contributed by atoms with Crippen molar-refractivity contribution < 1.29 is 13.5 Å². The molecule has 1 rings (SSSR count). The highest BCUT2D eigenvalue weighted by Crippen LogP contribution is 2.22. The minimum absolute atomic E-state index is 0.0244. The van der Waals surface area contributed by atoms with Crippen LogP contribution in [-0.4, -0.2) is 45.1 Å². The van der Waals surface area contributed by atoms with Crippen molar-refractivity contribution >= 4 is 0 Å². The summed E-state index contributed by atoms with van der Waals surface area (Å²) in [4.78, 5) is 2.00. The lowest BCUT2D eigenvalue weighted by Crippen LogP contribution is -2.39. The lowest BCUT2D eigenvalue weighted by molar-refractivity contribution is 0.102. The van der Waals surface area contributed by atoms with E-state index in [9.17, 15) is 8.78 Å². The van der Waals surface area contributed by atoms with Crippen LogP contribution in [0.1, 0.15) is 18.5 Å². The van der Waals surface area contributed by atoms with Gasteiger partial charge in [-0.3, -0.25) is 0 Å². The van der Waals surface area contributed by atoms with Crippen LogP contribution in [0, 0.1) is 0 Å². The molecule has 1 N–H and O–H groups in total. The number of nitrogens with one attached hydrogen (secondary N) is 1. The quantitative estimate of drug-likeness (QED) is 0.825. The van der Waals surface area contributed by atoms with E-state index in [1.54, 1.807) is 7.11 Å². The Bertz CT molecular complexity index is 385. The highest BCUT2D eigenvalue weighted by Gasteiger charge is 2.19. The molecule has 0 amide bonds. The van der Waals surface area contributed by atoms with Gasteiger partial charge >= 0.3 is 0 Å². The summed E-state index contributed by atoms with van der Waals surface area (Å²) in [6, 6.07) is 6.89. The van der Waals surface area contributed by atoms with E-state index in [4.69, 9.17) is 4.74 Å². The van der Waals surface area contributed by atoms with Crippen LogP contribution in [0.3, 0.4) is 0 Å². The van der Waals surface area contributed by atoms with E-state index >= 15 is 0 Å². The van der Waals surface area contributed by atoms with Gasteiger partial charge in [-0.25, -0.2) is 8.78 Å². The van der Waals surface area contributed by atoms with Crippen LogP contribution >= 0.6 is 0 Å². The standard InChI is InChI=1S/C14H22F2N2O/c1-10(14(15)16)17-9-13(18(2)3)11-6-5-7-12(8-11)19-4/h5-8,10,13-14,17H,9H2,1-4H3. The van der Waals surface area contributed by atoms with Crippen LogP contribution in [0.15, 0.2) is 24.3 Å². The van der Waals surface area contributed by atoms with E-state index in [1.165, 1.54) is 6.92 Å². The third kappa shape index (κ3) is 4.76. The Morgan fingerprint density at radius 3 is 2.53 bits per heavy atom. The molecule has 19 heavy (non-hydrogen) atoms. The molecule has 0 heterocycles. The highest BCUT2D eigenvalue weighted by atomic mass is 19.3. The molecule has 1 aromatic rings. The van der Waals surface area contributed by atoms with Crippen LogP contribution in [-0.2, 0) is 0 Å². The van der Waals surface area contributed by atoms with Gasteiger partial charge < -0.3 is 15.0 Å². The Morgan fingerprint density at radius 2 is 2.00 bits per heavy atom. The molecule has 0 spiro atoms. The Hall–Kier alpha value is -1.20. The summed E-state index contributed by atoms with van der Waals surface area (Å²) < 4.78 is 30.2. The van der Waals surface area contributed by atoms with Gasteiger partial charge in [-0.05, 0) is 38.7 Å². The van der Waals surface area contributed by atoms with Crippen LogP contribution in [0.25, 0.3) is 0 Å². The van der Waals surface area contributed by atoms with E-state index in [2.05, 4.69) is 5.32 Å². The molecular weight excluding hydrogens is 250 g/mol. The Morgan fingerprint density at radius 1 is 1.32 bits per heavy atom. The van der Waals surface area contributed by atoms with Gasteiger partial charge in [-0.2, -0.15) is 0 Å². The van der Waals surface area contributed by atoms with Gasteiger partial charge in [0.25, 0.3) is 6.43 Å². The van der Waals surface area contributed by atoms with Crippen molar-refractivity contribution in [3.05, 3.63) is 29.8 Å². The lowest BCUT2D eigenvalue weighted by Gasteiger charge is -2.27. The molecule has 0 radical (unpaired) electrons. The minimum atomic E-state index is -2.35. The number of methoxy groups -OCH3 is 1. The molecule has 2 unspecified atom stereocenters. The molecule has 0 fully saturated rings. The molecule has 0 aliphatic carbocycles. The summed E-state index contributed by atoms with van der Waals surface area (Å²) in [6.07, 6.45) is -2.35. The maximum atomic E-state index is 12.5. The van der Waals surface area contributed by atoms with Gasteiger partial charge in [0.1, 0.15) is 5.75 Å². The predicted molar refractivity (Wildman–Crippen MR) is 72.9 cm³/mol. The monoisotopic (exact) mass is 272 g/mol. The van der Waals surface area contributed by atoms with Gasteiger partial charge in [-0.15, -0.1) is 0 Å². The molecule has 2 atom stereocenters. The van der Waals surface area contributed by atoms with Crippen molar-refractivity contribution in [3.8, 4) is 5.75 Å². The van der Waals surface area contributed by atoms with Crippen LogP contribution < -0.4 is 10.1 Å². The fourth-order valence-electron chi connectivity index (χ4n) is 1.83. The Kier molecular flexibility index (Phi) is 6.18. The normalized spacial score (nSPS) is 14.7. The number of benzene rings is 1. The van der Waals surface area contributed by atoms with Crippen molar-refractivity contribution in [2.45, 2.75) is 25.4 Å². The van der Waals surface area contributed by atoms with E-state index < -0.39 is 12.5 Å². The number of rotatable bonds is 7. The summed E-state index contributed by atoms with van der Waals surface area (Å²) in [7, 11) is 5.47. The average molecular weight is 272 g/mol. The van der Waals surface area contributed by atoms with Crippen molar-refractivity contribution in [1.82, 2.24) is 10.2 Å². The SMILES string of the molecule is COc1cccc(C(CNC(C)C(F)F)N(C)C)c1. The number of hydrogen-bond acceptors (Lipinski definition) is 3. The van der Waals surface area contributed by atoms with Crippen molar-refractivity contribution in [2.24, 2.45) is 0 Å². The molecule has 5 heteroatoms. The Balaban J connectivity index is 2.76. The maximum Gasteiger partial charge on any atom is 0.253 e. The minimum Gasteiger partial charge on any atom is -0.497 e. The predicted octanol–water partition coefficient (Wildman–Crippen LogP) is 2.54. The van der Waals surface area contributed by atoms with Crippen LogP contribution in [0.5, 0.6) is 5.75 Å². The smallest absolute Gasteiger partial charge is 0.253 e. The maximum absolute atomic E-state index is 12.5. The van der Waals surface area contributed by atoms with Gasteiger partial charge in [-0.1, -0.05) is 12.1 Å².